The number of aromatic nitrogens is 2. The lowest BCUT2D eigenvalue weighted by Gasteiger charge is -2.02. The number of thiazole rings is 1. The van der Waals surface area contributed by atoms with E-state index in [2.05, 4.69) is 9.71 Å². The zero-order valence-electron chi connectivity index (χ0n) is 10.6. The fraction of sp³-hybridized carbons (Fsp3) is 0.273. The molecule has 2 N–H and O–H groups in total. The highest BCUT2D eigenvalue weighted by Gasteiger charge is 2.20. The van der Waals surface area contributed by atoms with Crippen LogP contribution >= 0.6 is 11.3 Å². The summed E-state index contributed by atoms with van der Waals surface area (Å²) >= 11 is 1.34. The van der Waals surface area contributed by atoms with Crippen LogP contribution in [0.2, 0.25) is 0 Å². The molecule has 0 saturated heterocycles. The van der Waals surface area contributed by atoms with Crippen LogP contribution in [0.15, 0.2) is 28.9 Å². The Morgan fingerprint density at radius 2 is 2.30 bits per heavy atom. The normalized spacial score (nSPS) is 11.7. The Kier molecular flexibility index (Phi) is 4.21. The number of carbonyl (C=O) groups is 1. The lowest BCUT2D eigenvalue weighted by molar-refractivity contribution is 0.0685. The van der Waals surface area contributed by atoms with E-state index in [0.717, 1.165) is 10.9 Å². The van der Waals surface area contributed by atoms with Crippen molar-refractivity contribution in [2.75, 3.05) is 0 Å². The molecule has 2 aromatic heterocycles. The number of rotatable bonds is 6. The van der Waals surface area contributed by atoms with Gasteiger partial charge in [0.2, 0.25) is 10.0 Å². The van der Waals surface area contributed by atoms with Crippen molar-refractivity contribution in [1.29, 1.82) is 0 Å². The monoisotopic (exact) mass is 315 g/mol. The largest absolute Gasteiger partial charge is 0.477 e. The van der Waals surface area contributed by atoms with E-state index in [9.17, 15) is 13.2 Å². The fourth-order valence-corrected chi connectivity index (χ4v) is 3.32. The fourth-order valence-electron chi connectivity index (χ4n) is 1.65. The first-order valence-electron chi connectivity index (χ1n) is 5.74. The third-order valence-corrected chi connectivity index (χ3v) is 4.81. The summed E-state index contributed by atoms with van der Waals surface area (Å²) in [5, 5.41) is 9.01. The summed E-state index contributed by atoms with van der Waals surface area (Å²) in [6.07, 6.45) is 2.89. The molecule has 2 rings (SSSR count). The van der Waals surface area contributed by atoms with Crippen molar-refractivity contribution in [3.63, 3.8) is 0 Å². The molecule has 0 saturated carbocycles. The van der Waals surface area contributed by atoms with Crippen molar-refractivity contribution in [3.05, 3.63) is 34.5 Å². The van der Waals surface area contributed by atoms with Gasteiger partial charge in [-0.05, 0) is 13.0 Å². The van der Waals surface area contributed by atoms with Crippen molar-refractivity contribution in [2.45, 2.75) is 24.9 Å². The summed E-state index contributed by atoms with van der Waals surface area (Å²) < 4.78 is 28.0. The van der Waals surface area contributed by atoms with Gasteiger partial charge in [-0.1, -0.05) is 0 Å². The van der Waals surface area contributed by atoms with Gasteiger partial charge in [0, 0.05) is 30.4 Å². The lowest BCUT2D eigenvalue weighted by Crippen LogP contribution is -2.22. The Morgan fingerprint density at radius 3 is 2.80 bits per heavy atom. The molecular weight excluding hydrogens is 302 g/mol. The van der Waals surface area contributed by atoms with Crippen LogP contribution in [0.25, 0.3) is 0 Å². The third-order valence-electron chi connectivity index (χ3n) is 2.66. The number of nitrogens with zero attached hydrogens (tertiary/aromatic N) is 2. The molecular formula is C11H13N3O4S2. The molecule has 0 spiro atoms. The molecule has 7 nitrogen and oxygen atoms in total. The predicted molar refractivity (Wildman–Crippen MR) is 73.2 cm³/mol. The lowest BCUT2D eigenvalue weighted by atomic mass is 10.4. The van der Waals surface area contributed by atoms with Crippen LogP contribution in [-0.4, -0.2) is 29.0 Å². The molecule has 0 fully saturated rings. The SMILES string of the molecule is CCn1cc(S(=O)(=O)NCc2cncs2)cc1C(=O)O. The van der Waals surface area contributed by atoms with Crippen molar-refractivity contribution < 1.29 is 18.3 Å². The minimum atomic E-state index is -3.74. The summed E-state index contributed by atoms with van der Waals surface area (Å²) in [5.41, 5.74) is 1.56. The molecule has 0 amide bonds. The Hall–Kier alpha value is -1.71. The zero-order chi connectivity index (χ0) is 14.8. The summed E-state index contributed by atoms with van der Waals surface area (Å²) in [5.74, 6) is -1.16. The van der Waals surface area contributed by atoms with Gasteiger partial charge in [0.1, 0.15) is 10.6 Å². The third kappa shape index (κ3) is 3.06. The Bertz CT molecular complexity index is 704. The maximum absolute atomic E-state index is 12.1. The number of aryl methyl sites for hydroxylation is 1. The smallest absolute Gasteiger partial charge is 0.352 e. The number of aromatic carboxylic acids is 1. The molecule has 2 heterocycles. The molecule has 2 aromatic rings. The van der Waals surface area contributed by atoms with Gasteiger partial charge in [0.25, 0.3) is 0 Å². The highest BCUT2D eigenvalue weighted by molar-refractivity contribution is 7.89. The number of hydrogen-bond acceptors (Lipinski definition) is 5. The minimum Gasteiger partial charge on any atom is -0.477 e. The number of hydrogen-bond donors (Lipinski definition) is 2. The number of carboxylic acids is 1. The van der Waals surface area contributed by atoms with Crippen LogP contribution in [0.1, 0.15) is 22.3 Å². The molecule has 0 radical (unpaired) electrons. The highest BCUT2D eigenvalue weighted by Crippen LogP contribution is 2.15. The van der Waals surface area contributed by atoms with Crippen LogP contribution in [0.4, 0.5) is 0 Å². The Labute approximate surface area is 119 Å². The molecule has 0 atom stereocenters. The first-order chi connectivity index (χ1) is 9.44. The van der Waals surface area contributed by atoms with Gasteiger partial charge in [-0.15, -0.1) is 11.3 Å². The van der Waals surface area contributed by atoms with Crippen LogP contribution < -0.4 is 4.72 Å². The van der Waals surface area contributed by atoms with E-state index in [1.807, 2.05) is 0 Å². The highest BCUT2D eigenvalue weighted by atomic mass is 32.2. The number of carboxylic acid groups (broad SMARTS) is 1. The molecule has 0 aliphatic rings. The van der Waals surface area contributed by atoms with E-state index in [-0.39, 0.29) is 17.1 Å². The first kappa shape index (κ1) is 14.7. The second-order valence-corrected chi connectivity index (χ2v) is 6.68. The Morgan fingerprint density at radius 1 is 1.55 bits per heavy atom. The molecule has 0 bridgehead atoms. The van der Waals surface area contributed by atoms with Gasteiger partial charge in [-0.2, -0.15) is 0 Å². The van der Waals surface area contributed by atoms with Crippen molar-refractivity contribution in [1.82, 2.24) is 14.3 Å². The molecule has 108 valence electrons. The van der Waals surface area contributed by atoms with Crippen LogP contribution in [0.5, 0.6) is 0 Å². The average Bonchev–Trinajstić information content (AvgIpc) is 3.05. The van der Waals surface area contributed by atoms with E-state index in [1.165, 1.54) is 22.1 Å². The van der Waals surface area contributed by atoms with Crippen molar-refractivity contribution in [2.24, 2.45) is 0 Å². The van der Waals surface area contributed by atoms with Crippen LogP contribution in [0, 0.1) is 0 Å². The van der Waals surface area contributed by atoms with Gasteiger partial charge < -0.3 is 9.67 Å². The Balaban J connectivity index is 2.23. The number of sulfonamides is 1. The zero-order valence-corrected chi connectivity index (χ0v) is 12.2. The minimum absolute atomic E-state index is 0.0503. The second kappa shape index (κ2) is 5.73. The molecule has 9 heteroatoms. The van der Waals surface area contributed by atoms with E-state index >= 15 is 0 Å². The maximum Gasteiger partial charge on any atom is 0.352 e. The molecule has 0 aliphatic carbocycles. The van der Waals surface area contributed by atoms with Gasteiger partial charge in [0.15, 0.2) is 0 Å². The van der Waals surface area contributed by atoms with Gasteiger partial charge in [-0.25, -0.2) is 17.9 Å². The van der Waals surface area contributed by atoms with E-state index in [4.69, 9.17) is 5.11 Å². The summed E-state index contributed by atoms with van der Waals surface area (Å²) in [6.45, 7) is 2.26. The average molecular weight is 315 g/mol. The predicted octanol–water partition coefficient (Wildman–Crippen LogP) is 1.14. The van der Waals surface area contributed by atoms with Gasteiger partial charge in [-0.3, -0.25) is 4.98 Å². The summed E-state index contributed by atoms with van der Waals surface area (Å²) in [7, 11) is -3.74. The van der Waals surface area contributed by atoms with Crippen molar-refractivity contribution in [3.8, 4) is 0 Å². The van der Waals surface area contributed by atoms with Crippen LogP contribution in [-0.2, 0) is 23.1 Å². The molecule has 0 unspecified atom stereocenters. The summed E-state index contributed by atoms with van der Waals surface area (Å²) in [4.78, 5) is 15.6. The molecule has 0 aromatic carbocycles. The second-order valence-electron chi connectivity index (χ2n) is 3.94. The molecule has 0 aliphatic heterocycles. The van der Waals surface area contributed by atoms with E-state index in [0.29, 0.717) is 6.54 Å². The van der Waals surface area contributed by atoms with Crippen LogP contribution in [0.3, 0.4) is 0 Å². The quantitative estimate of drug-likeness (QED) is 0.832. The van der Waals surface area contributed by atoms with Gasteiger partial charge >= 0.3 is 5.97 Å². The van der Waals surface area contributed by atoms with E-state index < -0.39 is 16.0 Å². The maximum atomic E-state index is 12.1. The van der Waals surface area contributed by atoms with E-state index in [1.54, 1.807) is 18.6 Å². The van der Waals surface area contributed by atoms with Gasteiger partial charge in [0.05, 0.1) is 5.51 Å². The topological polar surface area (TPSA) is 101 Å². The number of nitrogens with one attached hydrogen (secondary N) is 1. The summed E-state index contributed by atoms with van der Waals surface area (Å²) in [6, 6.07) is 1.15. The standard InChI is InChI=1S/C11H13N3O4S2/c1-2-14-6-9(3-10(14)11(15)16)20(17,18)13-5-8-4-12-7-19-8/h3-4,6-7,13H,2,5H2,1H3,(H,15,16). The first-order valence-corrected chi connectivity index (χ1v) is 8.11. The molecule has 20 heavy (non-hydrogen) atoms. The van der Waals surface area contributed by atoms with Crippen molar-refractivity contribution >= 4 is 27.3 Å².